The predicted molar refractivity (Wildman–Crippen MR) is 60.6 cm³/mol. The molecule has 3 N–H and O–H groups in total. The number of aromatic hydroxyl groups is 1. The average molecular weight is 205 g/mol. The molecule has 0 unspecified atom stereocenters. The molecule has 2 nitrogen and oxygen atoms in total. The smallest absolute Gasteiger partial charge is 0.124 e. The number of phenolic OH excluding ortho intramolecular Hbond substituents is 1. The Bertz CT molecular complexity index is 462. The summed E-state index contributed by atoms with van der Waals surface area (Å²) in [5.41, 5.74) is 8.34. The number of hydrogen-bond donors (Lipinski definition) is 2. The first-order valence-electron chi connectivity index (χ1n) is 4.31. The highest BCUT2D eigenvalue weighted by molar-refractivity contribution is 7.13. The minimum Gasteiger partial charge on any atom is -0.507 e. The Morgan fingerprint density at radius 2 is 2.07 bits per heavy atom. The summed E-state index contributed by atoms with van der Waals surface area (Å²) in [5.74, 6) is 0.279. The van der Waals surface area contributed by atoms with Crippen LogP contribution in [-0.2, 0) is 0 Å². The highest BCUT2D eigenvalue weighted by Gasteiger charge is 2.06. The summed E-state index contributed by atoms with van der Waals surface area (Å²) in [5, 5.41) is 11.7. The molecular formula is C11H11NOS. The van der Waals surface area contributed by atoms with Crippen LogP contribution >= 0.6 is 11.3 Å². The molecule has 72 valence electrons. The molecule has 2 aromatic rings. The lowest BCUT2D eigenvalue weighted by atomic mass is 10.1. The summed E-state index contributed by atoms with van der Waals surface area (Å²) in [6, 6.07) is 7.15. The number of hydrogen-bond acceptors (Lipinski definition) is 3. The van der Waals surface area contributed by atoms with E-state index >= 15 is 0 Å². The topological polar surface area (TPSA) is 46.2 Å². The molecule has 0 aliphatic carbocycles. The van der Waals surface area contributed by atoms with Crippen molar-refractivity contribution in [2.24, 2.45) is 0 Å². The minimum absolute atomic E-state index is 0.279. The van der Waals surface area contributed by atoms with Crippen molar-refractivity contribution in [2.45, 2.75) is 6.92 Å². The molecule has 1 heterocycles. The third-order valence-corrected chi connectivity index (χ3v) is 3.10. The summed E-state index contributed by atoms with van der Waals surface area (Å²) >= 11 is 1.61. The van der Waals surface area contributed by atoms with E-state index in [1.807, 2.05) is 13.0 Å². The fourth-order valence-corrected chi connectivity index (χ4v) is 2.25. The summed E-state index contributed by atoms with van der Waals surface area (Å²) < 4.78 is 0. The first kappa shape index (κ1) is 9.09. The van der Waals surface area contributed by atoms with Crippen LogP contribution in [0.4, 0.5) is 5.69 Å². The molecular weight excluding hydrogens is 194 g/mol. The number of nitrogens with two attached hydrogens (primary N) is 1. The molecule has 0 aliphatic rings. The second kappa shape index (κ2) is 3.35. The highest BCUT2D eigenvalue weighted by Crippen LogP contribution is 2.34. The Kier molecular flexibility index (Phi) is 2.17. The van der Waals surface area contributed by atoms with Crippen molar-refractivity contribution in [3.05, 3.63) is 35.2 Å². The maximum Gasteiger partial charge on any atom is 0.124 e. The number of anilines is 1. The van der Waals surface area contributed by atoms with Gasteiger partial charge in [0.25, 0.3) is 0 Å². The Morgan fingerprint density at radius 3 is 2.71 bits per heavy atom. The van der Waals surface area contributed by atoms with Crippen LogP contribution in [0.15, 0.2) is 29.6 Å². The zero-order valence-corrected chi connectivity index (χ0v) is 8.64. The quantitative estimate of drug-likeness (QED) is 0.555. The second-order valence-electron chi connectivity index (χ2n) is 3.26. The van der Waals surface area contributed by atoms with Crippen LogP contribution in [-0.4, -0.2) is 5.11 Å². The minimum atomic E-state index is 0.279. The number of benzene rings is 1. The largest absolute Gasteiger partial charge is 0.507 e. The molecule has 0 saturated carbocycles. The molecule has 0 aliphatic heterocycles. The Labute approximate surface area is 86.6 Å². The van der Waals surface area contributed by atoms with Crippen molar-refractivity contribution in [3.63, 3.8) is 0 Å². The van der Waals surface area contributed by atoms with E-state index in [0.717, 1.165) is 10.4 Å². The fraction of sp³-hybridized carbons (Fsp3) is 0.0909. The second-order valence-corrected chi connectivity index (χ2v) is 4.18. The van der Waals surface area contributed by atoms with Crippen molar-refractivity contribution in [2.75, 3.05) is 5.73 Å². The van der Waals surface area contributed by atoms with E-state index in [1.165, 1.54) is 5.56 Å². The van der Waals surface area contributed by atoms with E-state index in [2.05, 4.69) is 5.38 Å². The van der Waals surface area contributed by atoms with Gasteiger partial charge in [-0.2, -0.15) is 0 Å². The third-order valence-electron chi connectivity index (χ3n) is 2.02. The van der Waals surface area contributed by atoms with Crippen LogP contribution in [0, 0.1) is 6.92 Å². The molecule has 0 amide bonds. The lowest BCUT2D eigenvalue weighted by Crippen LogP contribution is -1.84. The van der Waals surface area contributed by atoms with Crippen molar-refractivity contribution in [1.29, 1.82) is 0 Å². The fourth-order valence-electron chi connectivity index (χ4n) is 1.32. The van der Waals surface area contributed by atoms with Crippen LogP contribution in [0.1, 0.15) is 5.56 Å². The van der Waals surface area contributed by atoms with Crippen LogP contribution < -0.4 is 5.73 Å². The summed E-state index contributed by atoms with van der Waals surface area (Å²) in [6.07, 6.45) is 0. The summed E-state index contributed by atoms with van der Waals surface area (Å²) in [6.45, 7) is 2.03. The normalized spacial score (nSPS) is 10.4. The molecule has 0 saturated heterocycles. The maximum absolute atomic E-state index is 9.65. The molecule has 0 spiro atoms. The molecule has 0 bridgehead atoms. The summed E-state index contributed by atoms with van der Waals surface area (Å²) in [4.78, 5) is 1.05. The van der Waals surface area contributed by atoms with E-state index in [9.17, 15) is 5.11 Å². The molecule has 14 heavy (non-hydrogen) atoms. The summed E-state index contributed by atoms with van der Waals surface area (Å²) in [7, 11) is 0. The van der Waals surface area contributed by atoms with Gasteiger partial charge >= 0.3 is 0 Å². The van der Waals surface area contributed by atoms with Gasteiger partial charge in [-0.3, -0.25) is 0 Å². The first-order chi connectivity index (χ1) is 6.66. The van der Waals surface area contributed by atoms with Gasteiger partial charge in [-0.1, -0.05) is 0 Å². The van der Waals surface area contributed by atoms with Gasteiger partial charge in [-0.15, -0.1) is 11.3 Å². The molecule has 0 radical (unpaired) electrons. The molecule has 2 rings (SSSR count). The monoisotopic (exact) mass is 205 g/mol. The van der Waals surface area contributed by atoms with Gasteiger partial charge in [-0.05, 0) is 42.1 Å². The number of nitrogen functional groups attached to an aromatic ring is 1. The van der Waals surface area contributed by atoms with Gasteiger partial charge in [0, 0.05) is 16.1 Å². The van der Waals surface area contributed by atoms with Gasteiger partial charge in [0.2, 0.25) is 0 Å². The van der Waals surface area contributed by atoms with E-state index < -0.39 is 0 Å². The first-order valence-corrected chi connectivity index (χ1v) is 5.19. The predicted octanol–water partition coefficient (Wildman–Crippen LogP) is 3.01. The van der Waals surface area contributed by atoms with E-state index in [-0.39, 0.29) is 5.75 Å². The average Bonchev–Trinajstić information content (AvgIpc) is 2.56. The van der Waals surface area contributed by atoms with Crippen molar-refractivity contribution in [1.82, 2.24) is 0 Å². The third kappa shape index (κ3) is 1.59. The highest BCUT2D eigenvalue weighted by atomic mass is 32.1. The van der Waals surface area contributed by atoms with Crippen LogP contribution in [0.25, 0.3) is 10.4 Å². The Balaban J connectivity index is 2.55. The number of phenols is 1. The van der Waals surface area contributed by atoms with Crippen molar-refractivity contribution < 1.29 is 5.11 Å². The standard InChI is InChI=1S/C11H11NOS/c1-7-4-11(14-6-7)9-5-8(12)2-3-10(9)13/h2-6,13H,12H2,1H3. The lowest BCUT2D eigenvalue weighted by Gasteiger charge is -2.02. The van der Waals surface area contributed by atoms with Crippen LogP contribution in [0.2, 0.25) is 0 Å². The van der Waals surface area contributed by atoms with Crippen molar-refractivity contribution >= 4 is 17.0 Å². The number of rotatable bonds is 1. The maximum atomic E-state index is 9.65. The van der Waals surface area contributed by atoms with E-state index in [0.29, 0.717) is 5.69 Å². The van der Waals surface area contributed by atoms with E-state index in [4.69, 9.17) is 5.73 Å². The molecule has 1 aromatic carbocycles. The Hall–Kier alpha value is -1.48. The van der Waals surface area contributed by atoms with Gasteiger partial charge in [0.1, 0.15) is 5.75 Å². The number of aryl methyl sites for hydroxylation is 1. The van der Waals surface area contributed by atoms with Crippen molar-refractivity contribution in [3.8, 4) is 16.2 Å². The number of thiophene rings is 1. The van der Waals surface area contributed by atoms with Gasteiger partial charge in [0.15, 0.2) is 0 Å². The van der Waals surface area contributed by atoms with E-state index in [1.54, 1.807) is 29.5 Å². The molecule has 0 fully saturated rings. The van der Waals surface area contributed by atoms with Crippen LogP contribution in [0.5, 0.6) is 5.75 Å². The van der Waals surface area contributed by atoms with Gasteiger partial charge < -0.3 is 10.8 Å². The molecule has 3 heteroatoms. The zero-order chi connectivity index (χ0) is 10.1. The Morgan fingerprint density at radius 1 is 1.29 bits per heavy atom. The van der Waals surface area contributed by atoms with Crippen LogP contribution in [0.3, 0.4) is 0 Å². The molecule has 1 aromatic heterocycles. The lowest BCUT2D eigenvalue weighted by molar-refractivity contribution is 0.477. The van der Waals surface area contributed by atoms with Gasteiger partial charge in [-0.25, -0.2) is 0 Å². The SMILES string of the molecule is Cc1csc(-c2cc(N)ccc2O)c1. The van der Waals surface area contributed by atoms with Gasteiger partial charge in [0.05, 0.1) is 0 Å². The zero-order valence-electron chi connectivity index (χ0n) is 7.82. The molecule has 0 atom stereocenters.